The van der Waals surface area contributed by atoms with E-state index in [0.717, 1.165) is 12.8 Å². The molecule has 1 aliphatic rings. The van der Waals surface area contributed by atoms with Gasteiger partial charge in [0, 0.05) is 22.9 Å². The molecule has 0 bridgehead atoms. The summed E-state index contributed by atoms with van der Waals surface area (Å²) in [4.78, 5) is 4.32. The zero-order valence-electron chi connectivity index (χ0n) is 8.03. The number of rotatable bonds is 2. The van der Waals surface area contributed by atoms with Crippen LogP contribution in [-0.2, 0) is 0 Å². The van der Waals surface area contributed by atoms with Crippen molar-refractivity contribution in [2.45, 2.75) is 38.7 Å². The van der Waals surface area contributed by atoms with E-state index in [-0.39, 0.29) is 11.5 Å². The van der Waals surface area contributed by atoms with Crippen LogP contribution in [-0.4, -0.2) is 16.2 Å². The van der Waals surface area contributed by atoms with Crippen molar-refractivity contribution >= 4 is 11.3 Å². The largest absolute Gasteiger partial charge is 0.393 e. The molecular formula is C10H15NOS. The molecule has 0 aromatic carbocycles. The van der Waals surface area contributed by atoms with Crippen LogP contribution in [0.3, 0.4) is 0 Å². The third-order valence-corrected chi connectivity index (χ3v) is 4.42. The van der Waals surface area contributed by atoms with Crippen molar-refractivity contribution in [3.8, 4) is 0 Å². The minimum absolute atomic E-state index is 0.0673. The number of nitrogens with zero attached hydrogens (tertiary/aromatic N) is 1. The minimum atomic E-state index is -0.133. The molecule has 13 heavy (non-hydrogen) atoms. The first-order chi connectivity index (χ1) is 6.18. The lowest BCUT2D eigenvalue weighted by atomic mass is 9.58. The van der Waals surface area contributed by atoms with Crippen LogP contribution < -0.4 is 0 Å². The van der Waals surface area contributed by atoms with Crippen molar-refractivity contribution < 1.29 is 5.11 Å². The van der Waals surface area contributed by atoms with Crippen LogP contribution >= 0.6 is 11.3 Å². The second-order valence-electron chi connectivity index (χ2n) is 4.03. The van der Waals surface area contributed by atoms with Gasteiger partial charge in [0.15, 0.2) is 0 Å². The Morgan fingerprint density at radius 3 is 3.00 bits per heavy atom. The molecule has 2 nitrogen and oxygen atoms in total. The molecule has 1 heterocycles. The first kappa shape index (κ1) is 9.16. The molecule has 1 aromatic rings. The van der Waals surface area contributed by atoms with Crippen LogP contribution in [0, 0.1) is 5.41 Å². The van der Waals surface area contributed by atoms with E-state index in [9.17, 15) is 5.11 Å². The summed E-state index contributed by atoms with van der Waals surface area (Å²) in [6, 6.07) is 0. The molecule has 72 valence electrons. The molecule has 3 unspecified atom stereocenters. The van der Waals surface area contributed by atoms with E-state index in [1.165, 1.54) is 5.01 Å². The third-order valence-electron chi connectivity index (χ3n) is 3.53. The lowest BCUT2D eigenvalue weighted by molar-refractivity contribution is -0.0778. The van der Waals surface area contributed by atoms with Crippen molar-refractivity contribution in [1.82, 2.24) is 4.98 Å². The van der Waals surface area contributed by atoms with Gasteiger partial charge in [0.25, 0.3) is 0 Å². The maximum atomic E-state index is 9.71. The number of hydrogen-bond acceptors (Lipinski definition) is 3. The number of aliphatic hydroxyl groups excluding tert-OH is 1. The number of aliphatic hydroxyl groups is 1. The third kappa shape index (κ3) is 1.22. The summed E-state index contributed by atoms with van der Waals surface area (Å²) in [6.07, 6.45) is 3.63. The SMILES string of the molecule is CCC1(C)C(O)CC1c1nccs1. The van der Waals surface area contributed by atoms with Gasteiger partial charge in [-0.1, -0.05) is 13.8 Å². The standard InChI is InChI=1S/C10H15NOS/c1-3-10(2)7(6-8(10)12)9-11-4-5-13-9/h4-5,7-8,12H,3,6H2,1-2H3. The van der Waals surface area contributed by atoms with Crippen LogP contribution in [0.5, 0.6) is 0 Å². The fourth-order valence-corrected chi connectivity index (χ4v) is 3.02. The summed E-state index contributed by atoms with van der Waals surface area (Å²) >= 11 is 1.70. The zero-order chi connectivity index (χ0) is 9.47. The Morgan fingerprint density at radius 2 is 2.54 bits per heavy atom. The van der Waals surface area contributed by atoms with Gasteiger partial charge in [0.1, 0.15) is 0 Å². The predicted octanol–water partition coefficient (Wildman–Crippen LogP) is 2.41. The fraction of sp³-hybridized carbons (Fsp3) is 0.700. The Hall–Kier alpha value is -0.410. The van der Waals surface area contributed by atoms with E-state index >= 15 is 0 Å². The molecule has 0 aliphatic heterocycles. The lowest BCUT2D eigenvalue weighted by Crippen LogP contribution is -2.49. The van der Waals surface area contributed by atoms with Crippen LogP contribution in [0.15, 0.2) is 11.6 Å². The number of hydrogen-bond donors (Lipinski definition) is 1. The van der Waals surface area contributed by atoms with E-state index in [1.54, 1.807) is 11.3 Å². The fourth-order valence-electron chi connectivity index (χ4n) is 2.10. The smallest absolute Gasteiger partial charge is 0.0963 e. The van der Waals surface area contributed by atoms with Gasteiger partial charge in [-0.05, 0) is 12.8 Å². The first-order valence-corrected chi connectivity index (χ1v) is 5.64. The number of thiazole rings is 1. The van der Waals surface area contributed by atoms with Crippen LogP contribution in [0.1, 0.15) is 37.6 Å². The monoisotopic (exact) mass is 197 g/mol. The quantitative estimate of drug-likeness (QED) is 0.789. The highest BCUT2D eigenvalue weighted by Gasteiger charge is 2.51. The van der Waals surface area contributed by atoms with E-state index in [0.29, 0.717) is 5.92 Å². The van der Waals surface area contributed by atoms with E-state index in [4.69, 9.17) is 0 Å². The maximum Gasteiger partial charge on any atom is 0.0963 e. The van der Waals surface area contributed by atoms with Crippen molar-refractivity contribution in [3.05, 3.63) is 16.6 Å². The van der Waals surface area contributed by atoms with Gasteiger partial charge in [-0.3, -0.25) is 0 Å². The molecule has 0 spiro atoms. The van der Waals surface area contributed by atoms with Gasteiger partial charge in [-0.2, -0.15) is 0 Å². The summed E-state index contributed by atoms with van der Waals surface area (Å²) in [5.74, 6) is 0.479. The Labute approximate surface area is 82.6 Å². The summed E-state index contributed by atoms with van der Waals surface area (Å²) in [5.41, 5.74) is 0.0673. The summed E-state index contributed by atoms with van der Waals surface area (Å²) in [7, 11) is 0. The second-order valence-corrected chi connectivity index (χ2v) is 4.96. The van der Waals surface area contributed by atoms with Crippen molar-refractivity contribution in [2.24, 2.45) is 5.41 Å². The number of aromatic nitrogens is 1. The van der Waals surface area contributed by atoms with Crippen LogP contribution in [0.25, 0.3) is 0 Å². The molecule has 1 saturated carbocycles. The summed E-state index contributed by atoms with van der Waals surface area (Å²) in [6.45, 7) is 4.30. The minimum Gasteiger partial charge on any atom is -0.393 e. The summed E-state index contributed by atoms with van der Waals surface area (Å²) < 4.78 is 0. The van der Waals surface area contributed by atoms with Crippen molar-refractivity contribution in [2.75, 3.05) is 0 Å². The van der Waals surface area contributed by atoms with Gasteiger partial charge in [-0.15, -0.1) is 11.3 Å². The topological polar surface area (TPSA) is 33.1 Å². The average molecular weight is 197 g/mol. The van der Waals surface area contributed by atoms with Gasteiger partial charge >= 0.3 is 0 Å². The highest BCUT2D eigenvalue weighted by Crippen LogP contribution is 2.55. The van der Waals surface area contributed by atoms with E-state index < -0.39 is 0 Å². The predicted molar refractivity (Wildman–Crippen MR) is 53.9 cm³/mol. The lowest BCUT2D eigenvalue weighted by Gasteiger charge is -2.50. The van der Waals surface area contributed by atoms with Crippen molar-refractivity contribution in [1.29, 1.82) is 0 Å². The molecule has 3 heteroatoms. The van der Waals surface area contributed by atoms with Gasteiger partial charge in [0.2, 0.25) is 0 Å². The first-order valence-electron chi connectivity index (χ1n) is 4.76. The zero-order valence-corrected chi connectivity index (χ0v) is 8.84. The summed E-state index contributed by atoms with van der Waals surface area (Å²) in [5, 5.41) is 12.9. The molecule has 1 N–H and O–H groups in total. The van der Waals surface area contributed by atoms with E-state index in [2.05, 4.69) is 18.8 Å². The van der Waals surface area contributed by atoms with Gasteiger partial charge in [-0.25, -0.2) is 4.98 Å². The molecule has 0 amide bonds. The maximum absolute atomic E-state index is 9.71. The second kappa shape index (κ2) is 3.07. The molecule has 0 saturated heterocycles. The average Bonchev–Trinajstić information content (AvgIpc) is 2.65. The van der Waals surface area contributed by atoms with Crippen molar-refractivity contribution in [3.63, 3.8) is 0 Å². The van der Waals surface area contributed by atoms with Crippen LogP contribution in [0.4, 0.5) is 0 Å². The normalized spacial score (nSPS) is 38.7. The Morgan fingerprint density at radius 1 is 1.77 bits per heavy atom. The Balaban J connectivity index is 2.20. The highest BCUT2D eigenvalue weighted by atomic mass is 32.1. The van der Waals surface area contributed by atoms with Crippen LogP contribution in [0.2, 0.25) is 0 Å². The molecule has 1 fully saturated rings. The molecule has 0 radical (unpaired) electrons. The molecular weight excluding hydrogens is 182 g/mol. The Kier molecular flexibility index (Phi) is 2.16. The molecule has 3 atom stereocenters. The van der Waals surface area contributed by atoms with Gasteiger partial charge < -0.3 is 5.11 Å². The van der Waals surface area contributed by atoms with Gasteiger partial charge in [0.05, 0.1) is 11.1 Å². The van der Waals surface area contributed by atoms with E-state index in [1.807, 2.05) is 11.6 Å². The Bertz CT molecular complexity index is 285. The molecule has 1 aliphatic carbocycles. The highest BCUT2D eigenvalue weighted by molar-refractivity contribution is 7.09. The molecule has 1 aromatic heterocycles. The molecule has 2 rings (SSSR count).